The predicted molar refractivity (Wildman–Crippen MR) is 73.3 cm³/mol. The fraction of sp³-hybridized carbons (Fsp3) is 0.385. The molecule has 0 spiro atoms. The molecule has 5 nitrogen and oxygen atoms in total. The van der Waals surface area contributed by atoms with Crippen molar-refractivity contribution in [3.05, 3.63) is 40.7 Å². The van der Waals surface area contributed by atoms with Crippen molar-refractivity contribution in [1.82, 2.24) is 9.97 Å². The summed E-state index contributed by atoms with van der Waals surface area (Å²) < 4.78 is 5.44. The van der Waals surface area contributed by atoms with Gasteiger partial charge in [-0.2, -0.15) is 0 Å². The van der Waals surface area contributed by atoms with Crippen LogP contribution in [0.25, 0.3) is 0 Å². The van der Waals surface area contributed by atoms with Crippen LogP contribution in [0.5, 0.6) is 0 Å². The zero-order valence-electron chi connectivity index (χ0n) is 11.1. The fourth-order valence-electron chi connectivity index (χ4n) is 1.70. The van der Waals surface area contributed by atoms with Gasteiger partial charge in [-0.05, 0) is 32.9 Å². The van der Waals surface area contributed by atoms with Gasteiger partial charge in [-0.3, -0.25) is 0 Å². The number of aliphatic hydroxyl groups is 1. The summed E-state index contributed by atoms with van der Waals surface area (Å²) in [6, 6.07) is 5.18. The van der Waals surface area contributed by atoms with Gasteiger partial charge in [0.15, 0.2) is 0 Å². The Hall–Kier alpha value is -1.59. The molecule has 0 aliphatic heterocycles. The van der Waals surface area contributed by atoms with E-state index in [1.54, 1.807) is 26.0 Å². The number of aryl methyl sites for hydroxylation is 2. The van der Waals surface area contributed by atoms with Gasteiger partial charge in [-0.1, -0.05) is 11.6 Å². The van der Waals surface area contributed by atoms with Crippen molar-refractivity contribution in [3.63, 3.8) is 0 Å². The second-order valence-electron chi connectivity index (χ2n) is 4.66. The third-order valence-corrected chi connectivity index (χ3v) is 2.89. The van der Waals surface area contributed by atoms with Gasteiger partial charge in [0.1, 0.15) is 33.9 Å². The number of hydrogen-bond acceptors (Lipinski definition) is 5. The largest absolute Gasteiger partial charge is 0.463 e. The molecule has 2 aromatic rings. The van der Waals surface area contributed by atoms with Crippen molar-refractivity contribution in [1.29, 1.82) is 0 Å². The Balaban J connectivity index is 2.09. The Morgan fingerprint density at radius 2 is 2.11 bits per heavy atom. The van der Waals surface area contributed by atoms with Crippen LogP contribution in [-0.4, -0.2) is 21.6 Å². The van der Waals surface area contributed by atoms with E-state index in [4.69, 9.17) is 16.0 Å². The Kier molecular flexibility index (Phi) is 3.78. The zero-order valence-corrected chi connectivity index (χ0v) is 11.8. The first-order valence-corrected chi connectivity index (χ1v) is 6.29. The van der Waals surface area contributed by atoms with Crippen LogP contribution in [0.2, 0.25) is 5.15 Å². The standard InChI is InChI=1S/C13H16ClN3O2/c1-8-4-5-10(19-8)13(3,18)7-15-12-6-11(14)16-9(2)17-12/h4-6,18H,7H2,1-3H3,(H,15,16,17). The lowest BCUT2D eigenvalue weighted by Gasteiger charge is -2.21. The summed E-state index contributed by atoms with van der Waals surface area (Å²) in [5.41, 5.74) is -1.13. The van der Waals surface area contributed by atoms with Crippen LogP contribution in [0.1, 0.15) is 24.3 Å². The third kappa shape index (κ3) is 3.45. The molecule has 2 aromatic heterocycles. The molecule has 2 heterocycles. The van der Waals surface area contributed by atoms with E-state index in [1.807, 2.05) is 13.0 Å². The molecule has 0 radical (unpaired) electrons. The Bertz CT molecular complexity index is 561. The normalized spacial score (nSPS) is 14.2. The van der Waals surface area contributed by atoms with E-state index < -0.39 is 5.60 Å². The van der Waals surface area contributed by atoms with Crippen LogP contribution in [-0.2, 0) is 5.60 Å². The van der Waals surface area contributed by atoms with E-state index in [2.05, 4.69) is 15.3 Å². The van der Waals surface area contributed by atoms with Crippen molar-refractivity contribution in [2.24, 2.45) is 0 Å². The average molecular weight is 282 g/mol. The van der Waals surface area contributed by atoms with E-state index in [0.717, 1.165) is 5.76 Å². The summed E-state index contributed by atoms with van der Waals surface area (Å²) in [6.45, 7) is 5.52. The average Bonchev–Trinajstić information content (AvgIpc) is 2.73. The number of rotatable bonds is 4. The monoisotopic (exact) mass is 281 g/mol. The second-order valence-corrected chi connectivity index (χ2v) is 5.05. The van der Waals surface area contributed by atoms with Crippen molar-refractivity contribution in [2.75, 3.05) is 11.9 Å². The molecule has 0 saturated carbocycles. The molecule has 0 amide bonds. The van der Waals surface area contributed by atoms with Crippen LogP contribution in [0, 0.1) is 13.8 Å². The number of furan rings is 1. The molecule has 0 fully saturated rings. The number of aromatic nitrogens is 2. The maximum atomic E-state index is 10.4. The van der Waals surface area contributed by atoms with Crippen LogP contribution >= 0.6 is 11.6 Å². The van der Waals surface area contributed by atoms with Gasteiger partial charge in [0, 0.05) is 6.07 Å². The lowest BCUT2D eigenvalue weighted by Crippen LogP contribution is -2.30. The molecular weight excluding hydrogens is 266 g/mol. The van der Waals surface area contributed by atoms with E-state index >= 15 is 0 Å². The van der Waals surface area contributed by atoms with E-state index in [9.17, 15) is 5.11 Å². The summed E-state index contributed by atoms with van der Waals surface area (Å²) in [5, 5.41) is 13.8. The third-order valence-electron chi connectivity index (χ3n) is 2.69. The fourth-order valence-corrected chi connectivity index (χ4v) is 1.92. The minimum atomic E-state index is -1.13. The highest BCUT2D eigenvalue weighted by atomic mass is 35.5. The molecule has 102 valence electrons. The topological polar surface area (TPSA) is 71.2 Å². The van der Waals surface area contributed by atoms with Crippen molar-refractivity contribution < 1.29 is 9.52 Å². The second kappa shape index (κ2) is 5.19. The first-order chi connectivity index (χ1) is 8.87. The first kappa shape index (κ1) is 13.8. The molecule has 0 aliphatic rings. The van der Waals surface area contributed by atoms with Gasteiger partial charge in [0.2, 0.25) is 0 Å². The summed E-state index contributed by atoms with van der Waals surface area (Å²) in [4.78, 5) is 8.16. The molecule has 2 rings (SSSR count). The van der Waals surface area contributed by atoms with Gasteiger partial charge < -0.3 is 14.8 Å². The van der Waals surface area contributed by atoms with E-state index in [0.29, 0.717) is 22.6 Å². The van der Waals surface area contributed by atoms with Gasteiger partial charge in [-0.25, -0.2) is 9.97 Å². The summed E-state index contributed by atoms with van der Waals surface area (Å²) in [7, 11) is 0. The first-order valence-electron chi connectivity index (χ1n) is 5.91. The number of nitrogens with one attached hydrogen (secondary N) is 1. The molecule has 0 bridgehead atoms. The van der Waals surface area contributed by atoms with Gasteiger partial charge in [0.05, 0.1) is 6.54 Å². The van der Waals surface area contributed by atoms with E-state index in [1.165, 1.54) is 0 Å². The molecule has 19 heavy (non-hydrogen) atoms. The zero-order chi connectivity index (χ0) is 14.0. The summed E-state index contributed by atoms with van der Waals surface area (Å²) >= 11 is 5.85. The molecule has 0 aliphatic carbocycles. The molecule has 0 aromatic carbocycles. The highest BCUT2D eigenvalue weighted by molar-refractivity contribution is 6.29. The molecule has 1 atom stereocenters. The van der Waals surface area contributed by atoms with Crippen molar-refractivity contribution in [3.8, 4) is 0 Å². The quantitative estimate of drug-likeness (QED) is 0.843. The molecular formula is C13H16ClN3O2. The van der Waals surface area contributed by atoms with Crippen LogP contribution < -0.4 is 5.32 Å². The molecule has 1 unspecified atom stereocenters. The van der Waals surface area contributed by atoms with Gasteiger partial charge in [0.25, 0.3) is 0 Å². The Morgan fingerprint density at radius 1 is 1.37 bits per heavy atom. The van der Waals surface area contributed by atoms with Crippen LogP contribution in [0.15, 0.2) is 22.6 Å². The number of anilines is 1. The predicted octanol–water partition coefficient (Wildman–Crippen LogP) is 2.66. The summed E-state index contributed by atoms with van der Waals surface area (Å²) in [5.74, 6) is 2.41. The van der Waals surface area contributed by atoms with E-state index in [-0.39, 0.29) is 6.54 Å². The number of hydrogen-bond donors (Lipinski definition) is 2. The molecule has 6 heteroatoms. The minimum absolute atomic E-state index is 0.257. The van der Waals surface area contributed by atoms with Gasteiger partial charge in [-0.15, -0.1) is 0 Å². The minimum Gasteiger partial charge on any atom is -0.463 e. The molecule has 2 N–H and O–H groups in total. The SMILES string of the molecule is Cc1nc(Cl)cc(NCC(C)(O)c2ccc(C)o2)n1. The maximum Gasteiger partial charge on any atom is 0.137 e. The van der Waals surface area contributed by atoms with Crippen molar-refractivity contribution in [2.45, 2.75) is 26.4 Å². The smallest absolute Gasteiger partial charge is 0.137 e. The Labute approximate surface area is 116 Å². The van der Waals surface area contributed by atoms with Crippen LogP contribution in [0.3, 0.4) is 0 Å². The lowest BCUT2D eigenvalue weighted by atomic mass is 10.0. The summed E-state index contributed by atoms with van der Waals surface area (Å²) in [6.07, 6.45) is 0. The lowest BCUT2D eigenvalue weighted by molar-refractivity contribution is 0.0467. The van der Waals surface area contributed by atoms with Gasteiger partial charge >= 0.3 is 0 Å². The van der Waals surface area contributed by atoms with Crippen LogP contribution in [0.4, 0.5) is 5.82 Å². The highest BCUT2D eigenvalue weighted by Crippen LogP contribution is 2.23. The highest BCUT2D eigenvalue weighted by Gasteiger charge is 2.26. The Morgan fingerprint density at radius 3 is 2.68 bits per heavy atom. The maximum absolute atomic E-state index is 10.4. The van der Waals surface area contributed by atoms with Crippen molar-refractivity contribution >= 4 is 17.4 Å². The number of nitrogens with zero attached hydrogens (tertiary/aromatic N) is 2. The molecule has 0 saturated heterocycles. The number of halogens is 1.